The molecule has 0 aliphatic carbocycles. The zero-order valence-corrected chi connectivity index (χ0v) is 25.4. The molecule has 0 saturated carbocycles. The van der Waals surface area contributed by atoms with Crippen molar-refractivity contribution in [1.82, 2.24) is 9.80 Å². The van der Waals surface area contributed by atoms with Gasteiger partial charge in [0.05, 0.1) is 13.2 Å². The van der Waals surface area contributed by atoms with Crippen molar-refractivity contribution in [1.29, 1.82) is 0 Å². The summed E-state index contributed by atoms with van der Waals surface area (Å²) in [4.78, 5) is 5.24. The van der Waals surface area contributed by atoms with Crippen molar-refractivity contribution in [2.45, 2.75) is 50.2 Å². The molecule has 0 spiro atoms. The normalized spacial score (nSPS) is 17.6. The molecule has 4 nitrogen and oxygen atoms in total. The van der Waals surface area contributed by atoms with Crippen molar-refractivity contribution in [2.24, 2.45) is 0 Å². The van der Waals surface area contributed by atoms with Crippen LogP contribution in [0.3, 0.4) is 0 Å². The van der Waals surface area contributed by atoms with E-state index in [-0.39, 0.29) is 6.10 Å². The van der Waals surface area contributed by atoms with Crippen LogP contribution >= 0.6 is 0 Å². The van der Waals surface area contributed by atoms with Gasteiger partial charge in [-0.05, 0) is 60.4 Å². The quantitative estimate of drug-likeness (QED) is 0.173. The number of piperidine rings is 1. The monoisotopic (exact) mass is 574 g/mol. The smallest absolute Gasteiger partial charge is 0.122 e. The third-order valence-electron chi connectivity index (χ3n) is 9.24. The molecule has 0 bridgehead atoms. The van der Waals surface area contributed by atoms with Crippen LogP contribution in [0.15, 0.2) is 115 Å². The summed E-state index contributed by atoms with van der Waals surface area (Å²) in [5.74, 6) is 1.47. The first-order valence-electron chi connectivity index (χ1n) is 16.3. The molecule has 2 saturated heterocycles. The number of hydrogen-bond donors (Lipinski definition) is 0. The van der Waals surface area contributed by atoms with Gasteiger partial charge in [-0.1, -0.05) is 109 Å². The first kappa shape index (κ1) is 29.6. The fourth-order valence-corrected chi connectivity index (χ4v) is 6.86. The highest BCUT2D eigenvalue weighted by Crippen LogP contribution is 2.31. The maximum Gasteiger partial charge on any atom is 0.122 e. The predicted molar refractivity (Wildman–Crippen MR) is 176 cm³/mol. The van der Waals surface area contributed by atoms with Crippen LogP contribution in [0, 0.1) is 0 Å². The number of ether oxygens (including phenoxy) is 2. The van der Waals surface area contributed by atoms with E-state index < -0.39 is 0 Å². The molecule has 0 N–H and O–H groups in total. The Kier molecular flexibility index (Phi) is 10.6. The lowest BCUT2D eigenvalue weighted by molar-refractivity contribution is 0.0138. The molecule has 6 rings (SSSR count). The van der Waals surface area contributed by atoms with E-state index in [9.17, 15) is 0 Å². The van der Waals surface area contributed by atoms with Gasteiger partial charge in [-0.15, -0.1) is 0 Å². The molecule has 0 amide bonds. The van der Waals surface area contributed by atoms with Gasteiger partial charge in [0.25, 0.3) is 0 Å². The number of para-hydroxylation sites is 1. The fourth-order valence-electron chi connectivity index (χ4n) is 6.86. The summed E-state index contributed by atoms with van der Waals surface area (Å²) < 4.78 is 12.4. The molecule has 4 aromatic rings. The number of morpholine rings is 1. The van der Waals surface area contributed by atoms with E-state index in [2.05, 4.69) is 125 Å². The first-order chi connectivity index (χ1) is 21.3. The maximum absolute atomic E-state index is 6.71. The molecule has 2 aliphatic rings. The van der Waals surface area contributed by atoms with Crippen LogP contribution in [0.4, 0.5) is 0 Å². The van der Waals surface area contributed by atoms with Crippen molar-refractivity contribution in [3.63, 3.8) is 0 Å². The standard InChI is InChI=1S/C39H46N2O2/c1-4-13-32(14-5-1)37(33-15-6-2-7-16-33)31-40-25-23-36(24-26-40)43-39-22-11-10-19-35(39)20-12-21-38(34-17-8-3-9-18-34)41-27-29-42-30-28-41/h1-11,13-19,22,36-38H,12,20-21,23-31H2. The summed E-state index contributed by atoms with van der Waals surface area (Å²) in [6.45, 7) is 6.87. The van der Waals surface area contributed by atoms with E-state index in [1.807, 2.05) is 0 Å². The van der Waals surface area contributed by atoms with Crippen molar-refractivity contribution in [2.75, 3.05) is 45.9 Å². The average Bonchev–Trinajstić information content (AvgIpc) is 3.08. The minimum atomic E-state index is 0.273. The molecule has 1 unspecified atom stereocenters. The third kappa shape index (κ3) is 8.14. The maximum atomic E-state index is 6.71. The lowest BCUT2D eigenvalue weighted by Crippen LogP contribution is -2.40. The highest BCUT2D eigenvalue weighted by molar-refractivity contribution is 5.34. The molecule has 224 valence electrons. The van der Waals surface area contributed by atoms with Crippen LogP contribution in [-0.2, 0) is 11.2 Å². The number of nitrogens with zero attached hydrogens (tertiary/aromatic N) is 2. The largest absolute Gasteiger partial charge is 0.490 e. The van der Waals surface area contributed by atoms with Gasteiger partial charge in [-0.25, -0.2) is 0 Å². The van der Waals surface area contributed by atoms with Gasteiger partial charge in [0.15, 0.2) is 0 Å². The van der Waals surface area contributed by atoms with Crippen LogP contribution in [-0.4, -0.2) is 61.8 Å². The second-order valence-corrected chi connectivity index (χ2v) is 12.1. The Morgan fingerprint density at radius 3 is 1.84 bits per heavy atom. The Morgan fingerprint density at radius 2 is 1.21 bits per heavy atom. The summed E-state index contributed by atoms with van der Waals surface area (Å²) in [6.07, 6.45) is 5.72. The van der Waals surface area contributed by atoms with E-state index in [1.54, 1.807) is 0 Å². The summed E-state index contributed by atoms with van der Waals surface area (Å²) in [7, 11) is 0. The van der Waals surface area contributed by atoms with Gasteiger partial charge in [0, 0.05) is 44.7 Å². The predicted octanol–water partition coefficient (Wildman–Crippen LogP) is 7.76. The Hall–Kier alpha value is -3.44. The van der Waals surface area contributed by atoms with Gasteiger partial charge in [-0.2, -0.15) is 0 Å². The van der Waals surface area contributed by atoms with Crippen LogP contribution < -0.4 is 4.74 Å². The van der Waals surface area contributed by atoms with Crippen LogP contribution in [0.5, 0.6) is 5.75 Å². The zero-order chi connectivity index (χ0) is 29.1. The van der Waals surface area contributed by atoms with Crippen LogP contribution in [0.25, 0.3) is 0 Å². The molecule has 2 fully saturated rings. The minimum Gasteiger partial charge on any atom is -0.490 e. The Morgan fingerprint density at radius 1 is 0.651 bits per heavy atom. The molecule has 0 aromatic heterocycles. The van der Waals surface area contributed by atoms with Gasteiger partial charge < -0.3 is 14.4 Å². The van der Waals surface area contributed by atoms with Gasteiger partial charge >= 0.3 is 0 Å². The molecule has 43 heavy (non-hydrogen) atoms. The van der Waals surface area contributed by atoms with E-state index in [4.69, 9.17) is 9.47 Å². The molecular weight excluding hydrogens is 528 g/mol. The lowest BCUT2D eigenvalue weighted by Gasteiger charge is -2.35. The second-order valence-electron chi connectivity index (χ2n) is 12.1. The van der Waals surface area contributed by atoms with Crippen molar-refractivity contribution in [3.8, 4) is 5.75 Å². The van der Waals surface area contributed by atoms with E-state index in [0.29, 0.717) is 12.0 Å². The Bertz CT molecular complexity index is 1310. The fraction of sp³-hybridized carbons (Fsp3) is 0.385. The van der Waals surface area contributed by atoms with Gasteiger partial charge in [-0.3, -0.25) is 4.90 Å². The van der Waals surface area contributed by atoms with Gasteiger partial charge in [0.2, 0.25) is 0 Å². The van der Waals surface area contributed by atoms with Crippen LogP contribution in [0.2, 0.25) is 0 Å². The molecule has 4 heteroatoms. The zero-order valence-electron chi connectivity index (χ0n) is 25.4. The summed E-state index contributed by atoms with van der Waals surface area (Å²) >= 11 is 0. The molecule has 4 aromatic carbocycles. The summed E-state index contributed by atoms with van der Waals surface area (Å²) in [5, 5.41) is 0. The molecule has 2 heterocycles. The molecule has 2 aliphatic heterocycles. The summed E-state index contributed by atoms with van der Waals surface area (Å²) in [5.41, 5.74) is 5.54. The molecular formula is C39H46N2O2. The molecule has 1 atom stereocenters. The first-order valence-corrected chi connectivity index (χ1v) is 16.3. The highest BCUT2D eigenvalue weighted by atomic mass is 16.5. The Labute approximate surface area is 258 Å². The van der Waals surface area contributed by atoms with E-state index in [0.717, 1.165) is 83.8 Å². The molecule has 0 radical (unpaired) electrons. The summed E-state index contributed by atoms with van der Waals surface area (Å²) in [6, 6.07) is 42.1. The van der Waals surface area contributed by atoms with Crippen molar-refractivity contribution < 1.29 is 9.47 Å². The minimum absolute atomic E-state index is 0.273. The number of benzene rings is 4. The van der Waals surface area contributed by atoms with Crippen molar-refractivity contribution >= 4 is 0 Å². The lowest BCUT2D eigenvalue weighted by atomic mass is 9.90. The Balaban J connectivity index is 1.04. The number of hydrogen-bond acceptors (Lipinski definition) is 4. The van der Waals surface area contributed by atoms with Crippen LogP contribution in [0.1, 0.15) is 59.9 Å². The highest BCUT2D eigenvalue weighted by Gasteiger charge is 2.26. The number of aryl methyl sites for hydroxylation is 1. The topological polar surface area (TPSA) is 24.9 Å². The third-order valence-corrected chi connectivity index (χ3v) is 9.24. The SMILES string of the molecule is c1ccc(C(CN2CCC(Oc3ccccc3CCCC(c3ccccc3)N3CCOCC3)CC2)c2ccccc2)cc1. The van der Waals surface area contributed by atoms with E-state index in [1.165, 1.54) is 22.3 Å². The second kappa shape index (κ2) is 15.3. The van der Waals surface area contributed by atoms with Gasteiger partial charge in [0.1, 0.15) is 11.9 Å². The number of likely N-dealkylation sites (tertiary alicyclic amines) is 1. The number of rotatable bonds is 12. The average molecular weight is 575 g/mol. The van der Waals surface area contributed by atoms with E-state index >= 15 is 0 Å². The van der Waals surface area contributed by atoms with Crippen molar-refractivity contribution in [3.05, 3.63) is 138 Å².